The van der Waals surface area contributed by atoms with E-state index in [-0.39, 0.29) is 24.4 Å². The molecule has 0 unspecified atom stereocenters. The van der Waals surface area contributed by atoms with Crippen LogP contribution in [0.4, 0.5) is 5.82 Å². The fraction of sp³-hybridized carbons (Fsp3) is 0.647. The number of nitrogens with zero attached hydrogens (tertiary/aromatic N) is 4. The number of piperidine rings is 1. The Morgan fingerprint density at radius 3 is 2.58 bits per heavy atom. The molecule has 130 valence electrons. The van der Waals surface area contributed by atoms with Crippen LogP contribution in [0.1, 0.15) is 50.2 Å². The summed E-state index contributed by atoms with van der Waals surface area (Å²) >= 11 is 0. The predicted molar refractivity (Wildman–Crippen MR) is 90.4 cm³/mol. The third-order valence-corrected chi connectivity index (χ3v) is 4.75. The molecule has 0 spiro atoms. The number of hydrogen-bond donors (Lipinski definition) is 1. The molecule has 0 aromatic carbocycles. The van der Waals surface area contributed by atoms with E-state index in [0.29, 0.717) is 11.6 Å². The molecule has 2 saturated heterocycles. The third kappa shape index (κ3) is 3.66. The van der Waals surface area contributed by atoms with Crippen molar-refractivity contribution in [2.24, 2.45) is 0 Å². The van der Waals surface area contributed by atoms with E-state index in [1.807, 2.05) is 22.8 Å². The first kappa shape index (κ1) is 16.7. The second-order valence-electron chi connectivity index (χ2n) is 6.54. The highest BCUT2D eigenvalue weighted by Gasteiger charge is 2.32. The normalized spacial score (nSPS) is 20.5. The highest BCUT2D eigenvalue weighted by molar-refractivity contribution is 5.80. The molecule has 0 radical (unpaired) electrons. The number of likely N-dealkylation sites (tertiary alicyclic amines) is 2. The molecule has 7 heteroatoms. The summed E-state index contributed by atoms with van der Waals surface area (Å²) in [5.41, 5.74) is 0.844. The van der Waals surface area contributed by atoms with Crippen LogP contribution in [0.15, 0.2) is 6.07 Å². The fourth-order valence-corrected chi connectivity index (χ4v) is 3.35. The van der Waals surface area contributed by atoms with Crippen molar-refractivity contribution in [3.63, 3.8) is 0 Å². The standard InChI is InChI=1S/C17H25N5O2/c1-12-19-14(15-6-9-22(15)13(2)23)10-16(20-12)18-11-17(24)21-7-4-3-5-8-21/h10,15H,3-9,11H2,1-2H3,(H,18,19,20)/t15-/m0/s1. The highest BCUT2D eigenvalue weighted by Crippen LogP contribution is 2.32. The Morgan fingerprint density at radius 1 is 1.21 bits per heavy atom. The average Bonchev–Trinajstić information content (AvgIpc) is 2.51. The van der Waals surface area contributed by atoms with Gasteiger partial charge < -0.3 is 15.1 Å². The predicted octanol–water partition coefficient (Wildman–Crippen LogP) is 1.50. The van der Waals surface area contributed by atoms with Gasteiger partial charge in [0.25, 0.3) is 0 Å². The monoisotopic (exact) mass is 331 g/mol. The van der Waals surface area contributed by atoms with E-state index in [2.05, 4.69) is 15.3 Å². The number of carbonyl (C=O) groups excluding carboxylic acids is 2. The van der Waals surface area contributed by atoms with Crippen molar-refractivity contribution in [2.45, 2.75) is 45.6 Å². The summed E-state index contributed by atoms with van der Waals surface area (Å²) in [6.45, 7) is 6.14. The van der Waals surface area contributed by atoms with Crippen LogP contribution in [0.25, 0.3) is 0 Å². The average molecular weight is 331 g/mol. The molecule has 1 atom stereocenters. The van der Waals surface area contributed by atoms with Crippen LogP contribution in [0.5, 0.6) is 0 Å². The van der Waals surface area contributed by atoms with Crippen molar-refractivity contribution in [2.75, 3.05) is 31.5 Å². The summed E-state index contributed by atoms with van der Waals surface area (Å²) in [4.78, 5) is 36.4. The van der Waals surface area contributed by atoms with Crippen LogP contribution >= 0.6 is 0 Å². The van der Waals surface area contributed by atoms with E-state index in [1.54, 1.807) is 6.92 Å². The van der Waals surface area contributed by atoms with Gasteiger partial charge in [-0.25, -0.2) is 9.97 Å². The largest absolute Gasteiger partial charge is 0.361 e. The number of amides is 2. The molecule has 3 rings (SSSR count). The zero-order valence-corrected chi connectivity index (χ0v) is 14.4. The lowest BCUT2D eigenvalue weighted by Gasteiger charge is -2.40. The van der Waals surface area contributed by atoms with Crippen LogP contribution in [-0.4, -0.2) is 57.8 Å². The lowest BCUT2D eigenvalue weighted by Crippen LogP contribution is -2.44. The molecule has 24 heavy (non-hydrogen) atoms. The van der Waals surface area contributed by atoms with Gasteiger partial charge in [-0.15, -0.1) is 0 Å². The molecule has 1 N–H and O–H groups in total. The van der Waals surface area contributed by atoms with E-state index in [9.17, 15) is 9.59 Å². The maximum Gasteiger partial charge on any atom is 0.241 e. The minimum Gasteiger partial charge on any atom is -0.361 e. The van der Waals surface area contributed by atoms with Crippen LogP contribution in [0, 0.1) is 6.92 Å². The number of aromatic nitrogens is 2. The van der Waals surface area contributed by atoms with Gasteiger partial charge in [0.1, 0.15) is 11.6 Å². The number of nitrogens with one attached hydrogen (secondary N) is 1. The quantitative estimate of drug-likeness (QED) is 0.904. The molecule has 2 aliphatic heterocycles. The molecule has 3 heterocycles. The van der Waals surface area contributed by atoms with Crippen molar-refractivity contribution in [1.82, 2.24) is 19.8 Å². The number of aryl methyl sites for hydroxylation is 1. The Labute approximate surface area is 142 Å². The molecule has 2 aliphatic rings. The van der Waals surface area contributed by atoms with E-state index in [4.69, 9.17) is 0 Å². The molecular weight excluding hydrogens is 306 g/mol. The van der Waals surface area contributed by atoms with Gasteiger partial charge in [-0.3, -0.25) is 9.59 Å². The number of anilines is 1. The Hall–Kier alpha value is -2.18. The minimum absolute atomic E-state index is 0.0301. The number of carbonyl (C=O) groups is 2. The molecule has 0 bridgehead atoms. The molecular formula is C17H25N5O2. The van der Waals surface area contributed by atoms with Gasteiger partial charge in [0.15, 0.2) is 0 Å². The lowest BCUT2D eigenvalue weighted by atomic mass is 9.99. The van der Waals surface area contributed by atoms with Crippen molar-refractivity contribution in [1.29, 1.82) is 0 Å². The van der Waals surface area contributed by atoms with Crippen molar-refractivity contribution in [3.05, 3.63) is 17.6 Å². The molecule has 1 aromatic rings. The first-order chi connectivity index (χ1) is 11.5. The zero-order valence-electron chi connectivity index (χ0n) is 14.4. The van der Waals surface area contributed by atoms with E-state index in [1.165, 1.54) is 6.42 Å². The fourth-order valence-electron chi connectivity index (χ4n) is 3.35. The van der Waals surface area contributed by atoms with Crippen molar-refractivity contribution in [3.8, 4) is 0 Å². The van der Waals surface area contributed by atoms with Crippen molar-refractivity contribution >= 4 is 17.6 Å². The topological polar surface area (TPSA) is 78.4 Å². The first-order valence-electron chi connectivity index (χ1n) is 8.69. The van der Waals surface area contributed by atoms with Gasteiger partial charge in [-0.1, -0.05) is 0 Å². The maximum absolute atomic E-state index is 12.3. The van der Waals surface area contributed by atoms with Crippen LogP contribution < -0.4 is 5.32 Å². The van der Waals surface area contributed by atoms with Crippen molar-refractivity contribution < 1.29 is 9.59 Å². The summed E-state index contributed by atoms with van der Waals surface area (Å²) in [6.07, 6.45) is 4.30. The molecule has 7 nitrogen and oxygen atoms in total. The van der Waals surface area contributed by atoms with Gasteiger partial charge in [0, 0.05) is 32.6 Å². The summed E-state index contributed by atoms with van der Waals surface area (Å²) in [5.74, 6) is 1.48. The summed E-state index contributed by atoms with van der Waals surface area (Å²) in [5, 5.41) is 3.12. The van der Waals surface area contributed by atoms with Gasteiger partial charge in [0.05, 0.1) is 18.3 Å². The molecule has 0 saturated carbocycles. The van der Waals surface area contributed by atoms with Crippen LogP contribution in [-0.2, 0) is 9.59 Å². The minimum atomic E-state index is 0.0301. The summed E-state index contributed by atoms with van der Waals surface area (Å²) < 4.78 is 0. The second kappa shape index (κ2) is 7.15. The van der Waals surface area contributed by atoms with Gasteiger partial charge in [0.2, 0.25) is 11.8 Å². The smallest absolute Gasteiger partial charge is 0.241 e. The first-order valence-corrected chi connectivity index (χ1v) is 8.69. The summed E-state index contributed by atoms with van der Waals surface area (Å²) in [6, 6.07) is 1.89. The Morgan fingerprint density at radius 2 is 1.96 bits per heavy atom. The van der Waals surface area contributed by atoms with E-state index < -0.39 is 0 Å². The SMILES string of the molecule is CC(=O)N1CC[C@H]1c1cc(NCC(=O)N2CCCCC2)nc(C)n1. The maximum atomic E-state index is 12.3. The third-order valence-electron chi connectivity index (χ3n) is 4.75. The Kier molecular flexibility index (Phi) is 4.97. The highest BCUT2D eigenvalue weighted by atomic mass is 16.2. The van der Waals surface area contributed by atoms with Gasteiger partial charge in [-0.05, 0) is 32.6 Å². The van der Waals surface area contributed by atoms with Gasteiger partial charge >= 0.3 is 0 Å². The molecule has 0 aliphatic carbocycles. The number of hydrogen-bond acceptors (Lipinski definition) is 5. The molecule has 2 amide bonds. The van der Waals surface area contributed by atoms with E-state index >= 15 is 0 Å². The number of rotatable bonds is 4. The lowest BCUT2D eigenvalue weighted by molar-refractivity contribution is -0.136. The summed E-state index contributed by atoms with van der Waals surface area (Å²) in [7, 11) is 0. The zero-order chi connectivity index (χ0) is 17.1. The Balaban J connectivity index is 1.63. The molecule has 2 fully saturated rings. The van der Waals surface area contributed by atoms with E-state index in [0.717, 1.165) is 44.6 Å². The van der Waals surface area contributed by atoms with Gasteiger partial charge in [-0.2, -0.15) is 0 Å². The van der Waals surface area contributed by atoms with Crippen LogP contribution in [0.2, 0.25) is 0 Å². The molecule has 1 aromatic heterocycles. The van der Waals surface area contributed by atoms with Crippen LogP contribution in [0.3, 0.4) is 0 Å². The Bertz CT molecular complexity index is 627. The second-order valence-corrected chi connectivity index (χ2v) is 6.54.